The first kappa shape index (κ1) is 15.8. The summed E-state index contributed by atoms with van der Waals surface area (Å²) in [5, 5.41) is 0. The van der Waals surface area contributed by atoms with Gasteiger partial charge in [0.05, 0.1) is 5.75 Å². The standard InChI is InChI=1S/C15H19F2NO3S/c16-12-1-2-13(17)11(9-12)10-22(19,20)18-14-3-4-15(14)5-7-21-8-6-15/h1-2,9,14,18H,3-8,10H2. The lowest BCUT2D eigenvalue weighted by Crippen LogP contribution is -2.57. The van der Waals surface area contributed by atoms with Gasteiger partial charge < -0.3 is 4.74 Å². The predicted octanol–water partition coefficient (Wildman–Crippen LogP) is 2.34. The Hall–Kier alpha value is -1.05. The highest BCUT2D eigenvalue weighted by molar-refractivity contribution is 7.88. The molecule has 0 amide bonds. The monoisotopic (exact) mass is 331 g/mol. The van der Waals surface area contributed by atoms with Crippen LogP contribution in [0, 0.1) is 17.0 Å². The molecule has 1 aliphatic heterocycles. The van der Waals surface area contributed by atoms with Crippen LogP contribution in [-0.2, 0) is 20.5 Å². The molecule has 1 aliphatic carbocycles. The van der Waals surface area contributed by atoms with E-state index in [-0.39, 0.29) is 17.0 Å². The van der Waals surface area contributed by atoms with Crippen LogP contribution in [0.5, 0.6) is 0 Å². The van der Waals surface area contributed by atoms with E-state index >= 15 is 0 Å². The van der Waals surface area contributed by atoms with E-state index in [1.807, 2.05) is 0 Å². The van der Waals surface area contributed by atoms with Gasteiger partial charge in [-0.05, 0) is 49.3 Å². The Morgan fingerprint density at radius 3 is 2.59 bits per heavy atom. The van der Waals surface area contributed by atoms with Crippen molar-refractivity contribution in [2.24, 2.45) is 5.41 Å². The minimum Gasteiger partial charge on any atom is -0.381 e. The van der Waals surface area contributed by atoms with Crippen LogP contribution in [0.1, 0.15) is 31.2 Å². The van der Waals surface area contributed by atoms with Crippen molar-refractivity contribution in [2.75, 3.05) is 13.2 Å². The summed E-state index contributed by atoms with van der Waals surface area (Å²) in [6.07, 6.45) is 3.45. The molecule has 2 aliphatic rings. The van der Waals surface area contributed by atoms with E-state index in [0.717, 1.165) is 43.9 Å². The molecule has 3 rings (SSSR count). The van der Waals surface area contributed by atoms with Crippen LogP contribution in [0.3, 0.4) is 0 Å². The van der Waals surface area contributed by atoms with E-state index in [9.17, 15) is 17.2 Å². The van der Waals surface area contributed by atoms with Crippen molar-refractivity contribution < 1.29 is 21.9 Å². The lowest BCUT2D eigenvalue weighted by Gasteiger charge is -2.51. The molecule has 22 heavy (non-hydrogen) atoms. The Morgan fingerprint density at radius 1 is 1.23 bits per heavy atom. The molecule has 0 aromatic heterocycles. The molecule has 2 fully saturated rings. The molecule has 4 nitrogen and oxygen atoms in total. The third-order valence-electron chi connectivity index (χ3n) is 4.83. The second-order valence-electron chi connectivity index (χ2n) is 6.18. The predicted molar refractivity (Wildman–Crippen MR) is 77.6 cm³/mol. The summed E-state index contributed by atoms with van der Waals surface area (Å²) in [4.78, 5) is 0. The van der Waals surface area contributed by atoms with Crippen molar-refractivity contribution in [2.45, 2.75) is 37.5 Å². The fraction of sp³-hybridized carbons (Fsp3) is 0.600. The first-order chi connectivity index (χ1) is 10.4. The van der Waals surface area contributed by atoms with Crippen LogP contribution < -0.4 is 4.72 Å². The van der Waals surface area contributed by atoms with Gasteiger partial charge in [0.1, 0.15) is 11.6 Å². The van der Waals surface area contributed by atoms with E-state index in [1.54, 1.807) is 0 Å². The van der Waals surface area contributed by atoms with Crippen molar-refractivity contribution in [3.8, 4) is 0 Å². The molecule has 1 saturated heterocycles. The van der Waals surface area contributed by atoms with Crippen molar-refractivity contribution in [3.63, 3.8) is 0 Å². The zero-order valence-electron chi connectivity index (χ0n) is 12.1. The number of hydrogen-bond donors (Lipinski definition) is 1. The SMILES string of the molecule is O=S(=O)(Cc1cc(F)ccc1F)NC1CCC12CCOCC2. The van der Waals surface area contributed by atoms with Gasteiger partial charge in [-0.25, -0.2) is 21.9 Å². The lowest BCUT2D eigenvalue weighted by atomic mass is 9.60. The van der Waals surface area contributed by atoms with Crippen LogP contribution in [0.4, 0.5) is 8.78 Å². The summed E-state index contributed by atoms with van der Waals surface area (Å²) < 4.78 is 59.3. The largest absolute Gasteiger partial charge is 0.381 e. The summed E-state index contributed by atoms with van der Waals surface area (Å²) >= 11 is 0. The Bertz CT molecular complexity index is 657. The summed E-state index contributed by atoms with van der Waals surface area (Å²) in [6, 6.07) is 2.73. The normalized spacial score (nSPS) is 24.2. The Kier molecular flexibility index (Phi) is 4.22. The van der Waals surface area contributed by atoms with Gasteiger partial charge in [0.15, 0.2) is 0 Å². The minimum atomic E-state index is -3.71. The van der Waals surface area contributed by atoms with Gasteiger partial charge in [-0.2, -0.15) is 0 Å². The number of sulfonamides is 1. The van der Waals surface area contributed by atoms with E-state index in [1.165, 1.54) is 0 Å². The second kappa shape index (κ2) is 5.86. The van der Waals surface area contributed by atoms with Gasteiger partial charge in [0, 0.05) is 24.8 Å². The molecule has 122 valence electrons. The van der Waals surface area contributed by atoms with E-state index in [0.29, 0.717) is 13.2 Å². The number of nitrogens with one attached hydrogen (secondary N) is 1. The maximum absolute atomic E-state index is 13.6. The zero-order chi connectivity index (χ0) is 15.8. The van der Waals surface area contributed by atoms with Gasteiger partial charge in [-0.1, -0.05) is 0 Å². The highest BCUT2D eigenvalue weighted by atomic mass is 32.2. The van der Waals surface area contributed by atoms with Crippen molar-refractivity contribution in [3.05, 3.63) is 35.4 Å². The maximum Gasteiger partial charge on any atom is 0.216 e. The quantitative estimate of drug-likeness (QED) is 0.921. The van der Waals surface area contributed by atoms with Crippen molar-refractivity contribution in [1.29, 1.82) is 0 Å². The van der Waals surface area contributed by atoms with E-state index < -0.39 is 27.4 Å². The fourth-order valence-electron chi connectivity index (χ4n) is 3.37. The summed E-state index contributed by atoms with van der Waals surface area (Å²) in [6.45, 7) is 1.30. The molecule has 0 bridgehead atoms. The number of rotatable bonds is 4. The molecule has 1 unspecified atom stereocenters. The molecular weight excluding hydrogens is 312 g/mol. The fourth-order valence-corrected chi connectivity index (χ4v) is 4.89. The summed E-state index contributed by atoms with van der Waals surface area (Å²) in [7, 11) is -3.71. The minimum absolute atomic E-state index is 0.0220. The number of ether oxygens (including phenoxy) is 1. The maximum atomic E-state index is 13.6. The van der Waals surface area contributed by atoms with Gasteiger partial charge >= 0.3 is 0 Å². The zero-order valence-corrected chi connectivity index (χ0v) is 13.0. The van der Waals surface area contributed by atoms with E-state index in [4.69, 9.17) is 4.74 Å². The van der Waals surface area contributed by atoms with Crippen molar-refractivity contribution >= 4 is 10.0 Å². The van der Waals surface area contributed by atoms with Crippen molar-refractivity contribution in [1.82, 2.24) is 4.72 Å². The van der Waals surface area contributed by atoms with Crippen LogP contribution in [-0.4, -0.2) is 27.7 Å². The molecule has 7 heteroatoms. The molecule has 1 saturated carbocycles. The first-order valence-corrected chi connectivity index (χ1v) is 9.07. The molecule has 1 spiro atoms. The molecular formula is C15H19F2NO3S. The molecule has 1 heterocycles. The molecule has 1 aromatic carbocycles. The average molecular weight is 331 g/mol. The average Bonchev–Trinajstić information content (AvgIpc) is 2.48. The molecule has 1 N–H and O–H groups in total. The number of halogens is 2. The number of benzene rings is 1. The first-order valence-electron chi connectivity index (χ1n) is 7.42. The smallest absolute Gasteiger partial charge is 0.216 e. The highest BCUT2D eigenvalue weighted by Crippen LogP contribution is 2.49. The Labute approximate surface area is 128 Å². The van der Waals surface area contributed by atoms with Gasteiger partial charge in [0.25, 0.3) is 0 Å². The number of hydrogen-bond acceptors (Lipinski definition) is 3. The van der Waals surface area contributed by atoms with Gasteiger partial charge in [0.2, 0.25) is 10.0 Å². The topological polar surface area (TPSA) is 55.4 Å². The van der Waals surface area contributed by atoms with Crippen LogP contribution in [0.15, 0.2) is 18.2 Å². The third kappa shape index (κ3) is 3.16. The van der Waals surface area contributed by atoms with Crippen LogP contribution >= 0.6 is 0 Å². The molecule has 0 radical (unpaired) electrons. The van der Waals surface area contributed by atoms with Crippen LogP contribution in [0.2, 0.25) is 0 Å². The molecule has 1 atom stereocenters. The second-order valence-corrected chi connectivity index (χ2v) is 7.93. The lowest BCUT2D eigenvalue weighted by molar-refractivity contribution is -0.0483. The van der Waals surface area contributed by atoms with Crippen LogP contribution in [0.25, 0.3) is 0 Å². The summed E-state index contributed by atoms with van der Waals surface area (Å²) in [5.74, 6) is -1.89. The van der Waals surface area contributed by atoms with E-state index in [2.05, 4.69) is 4.72 Å². The van der Waals surface area contributed by atoms with Gasteiger partial charge in [-0.15, -0.1) is 0 Å². The Morgan fingerprint density at radius 2 is 1.95 bits per heavy atom. The van der Waals surface area contributed by atoms with Gasteiger partial charge in [-0.3, -0.25) is 0 Å². The molecule has 1 aromatic rings. The third-order valence-corrected chi connectivity index (χ3v) is 6.17. The Balaban J connectivity index is 1.70. The highest BCUT2D eigenvalue weighted by Gasteiger charge is 2.48. The summed E-state index contributed by atoms with van der Waals surface area (Å²) in [5.41, 5.74) is -0.168.